The first-order chi connectivity index (χ1) is 7.74. The largest absolute Gasteiger partial charge is 0.237 e. The van der Waals surface area contributed by atoms with E-state index in [4.69, 9.17) is 5.26 Å². The molecule has 1 aromatic heterocycles. The van der Waals surface area contributed by atoms with E-state index in [2.05, 4.69) is 22.1 Å². The summed E-state index contributed by atoms with van der Waals surface area (Å²) in [6.07, 6.45) is 4.56. The molecule has 1 aliphatic rings. The highest BCUT2D eigenvalue weighted by Gasteiger charge is 2.23. The van der Waals surface area contributed by atoms with Crippen LogP contribution in [0.25, 0.3) is 0 Å². The van der Waals surface area contributed by atoms with Crippen LogP contribution in [0.1, 0.15) is 61.7 Å². The first-order valence-electron chi connectivity index (χ1n) is 5.99. The molecule has 3 heteroatoms. The molecule has 3 nitrogen and oxygen atoms in total. The minimum atomic E-state index is -0.154. The van der Waals surface area contributed by atoms with Gasteiger partial charge >= 0.3 is 0 Å². The highest BCUT2D eigenvalue weighted by molar-refractivity contribution is 5.20. The molecule has 0 bridgehead atoms. The van der Waals surface area contributed by atoms with Crippen molar-refractivity contribution in [1.29, 1.82) is 5.26 Å². The SMILES string of the molecule is CCC(C#N)c1nc(C)cc(C2CCC2)n1. The molecule has 0 saturated heterocycles. The number of nitriles is 1. The van der Waals surface area contributed by atoms with Crippen molar-refractivity contribution < 1.29 is 0 Å². The molecular weight excluding hydrogens is 198 g/mol. The summed E-state index contributed by atoms with van der Waals surface area (Å²) >= 11 is 0. The molecule has 1 aliphatic carbocycles. The van der Waals surface area contributed by atoms with Gasteiger partial charge in [0, 0.05) is 17.3 Å². The normalized spacial score (nSPS) is 17.6. The van der Waals surface area contributed by atoms with Crippen molar-refractivity contribution in [2.75, 3.05) is 0 Å². The second kappa shape index (κ2) is 4.61. The van der Waals surface area contributed by atoms with Gasteiger partial charge in [-0.2, -0.15) is 5.26 Å². The Morgan fingerprint density at radius 1 is 1.50 bits per heavy atom. The van der Waals surface area contributed by atoms with Crippen LogP contribution in [0.2, 0.25) is 0 Å². The van der Waals surface area contributed by atoms with E-state index < -0.39 is 0 Å². The Labute approximate surface area is 96.5 Å². The monoisotopic (exact) mass is 215 g/mol. The molecule has 0 aliphatic heterocycles. The summed E-state index contributed by atoms with van der Waals surface area (Å²) in [6.45, 7) is 3.99. The maximum Gasteiger partial charge on any atom is 0.145 e. The molecule has 0 N–H and O–H groups in total. The average Bonchev–Trinajstić information content (AvgIpc) is 2.16. The topological polar surface area (TPSA) is 49.6 Å². The van der Waals surface area contributed by atoms with E-state index in [0.29, 0.717) is 11.7 Å². The lowest BCUT2D eigenvalue weighted by Crippen LogP contribution is -2.14. The fourth-order valence-electron chi connectivity index (χ4n) is 2.02. The summed E-state index contributed by atoms with van der Waals surface area (Å²) < 4.78 is 0. The molecule has 16 heavy (non-hydrogen) atoms. The van der Waals surface area contributed by atoms with Crippen LogP contribution in [0.15, 0.2) is 6.07 Å². The molecule has 0 aromatic carbocycles. The Kier molecular flexibility index (Phi) is 3.19. The molecule has 84 valence electrons. The molecule has 2 rings (SSSR count). The van der Waals surface area contributed by atoms with Gasteiger partial charge in [0.25, 0.3) is 0 Å². The lowest BCUT2D eigenvalue weighted by Gasteiger charge is -2.25. The van der Waals surface area contributed by atoms with Gasteiger partial charge in [0.15, 0.2) is 0 Å². The summed E-state index contributed by atoms with van der Waals surface area (Å²) in [5.41, 5.74) is 2.13. The van der Waals surface area contributed by atoms with E-state index in [-0.39, 0.29) is 5.92 Å². The second-order valence-corrected chi connectivity index (χ2v) is 4.51. The van der Waals surface area contributed by atoms with Crippen LogP contribution in [-0.4, -0.2) is 9.97 Å². The van der Waals surface area contributed by atoms with Gasteiger partial charge in [0.1, 0.15) is 11.7 Å². The summed E-state index contributed by atoms with van der Waals surface area (Å²) in [5.74, 6) is 1.17. The number of aryl methyl sites for hydroxylation is 1. The number of nitrogens with zero attached hydrogens (tertiary/aromatic N) is 3. The predicted octanol–water partition coefficient (Wildman–Crippen LogP) is 3.07. The van der Waals surface area contributed by atoms with E-state index in [1.807, 2.05) is 13.8 Å². The molecule has 0 radical (unpaired) electrons. The molecule has 1 unspecified atom stereocenters. The Hall–Kier alpha value is -1.43. The van der Waals surface area contributed by atoms with Crippen molar-refractivity contribution in [1.82, 2.24) is 9.97 Å². The minimum Gasteiger partial charge on any atom is -0.237 e. The van der Waals surface area contributed by atoms with Crippen LogP contribution in [-0.2, 0) is 0 Å². The van der Waals surface area contributed by atoms with Crippen LogP contribution in [0.4, 0.5) is 0 Å². The average molecular weight is 215 g/mol. The number of hydrogen-bond acceptors (Lipinski definition) is 3. The van der Waals surface area contributed by atoms with E-state index in [1.165, 1.54) is 19.3 Å². The van der Waals surface area contributed by atoms with E-state index in [9.17, 15) is 0 Å². The first-order valence-corrected chi connectivity index (χ1v) is 5.99. The van der Waals surface area contributed by atoms with Crippen LogP contribution in [0.5, 0.6) is 0 Å². The maximum absolute atomic E-state index is 9.04. The molecule has 0 amide bonds. The second-order valence-electron chi connectivity index (χ2n) is 4.51. The molecule has 1 saturated carbocycles. The number of aromatic nitrogens is 2. The third-order valence-electron chi connectivity index (χ3n) is 3.29. The zero-order valence-corrected chi connectivity index (χ0v) is 9.90. The third kappa shape index (κ3) is 2.06. The van der Waals surface area contributed by atoms with Crippen molar-refractivity contribution in [3.8, 4) is 6.07 Å². The molecule has 1 heterocycles. The van der Waals surface area contributed by atoms with Crippen molar-refractivity contribution in [2.45, 2.75) is 51.4 Å². The summed E-state index contributed by atoms with van der Waals surface area (Å²) in [7, 11) is 0. The standard InChI is InChI=1S/C13H17N3/c1-3-10(8-14)13-15-9(2)7-12(16-13)11-5-4-6-11/h7,10-11H,3-6H2,1-2H3. The van der Waals surface area contributed by atoms with Crippen molar-refractivity contribution in [2.24, 2.45) is 0 Å². The summed E-state index contributed by atoms with van der Waals surface area (Å²) in [4.78, 5) is 8.95. The van der Waals surface area contributed by atoms with Gasteiger partial charge in [0.2, 0.25) is 0 Å². The maximum atomic E-state index is 9.04. The zero-order chi connectivity index (χ0) is 11.5. The lowest BCUT2D eigenvalue weighted by atomic mass is 9.82. The van der Waals surface area contributed by atoms with Gasteiger partial charge in [-0.15, -0.1) is 0 Å². The molecular formula is C13H17N3. The fraction of sp³-hybridized carbons (Fsp3) is 0.615. The molecule has 0 spiro atoms. The Morgan fingerprint density at radius 2 is 2.25 bits per heavy atom. The quantitative estimate of drug-likeness (QED) is 0.778. The van der Waals surface area contributed by atoms with E-state index in [0.717, 1.165) is 17.8 Å². The minimum absolute atomic E-state index is 0.154. The van der Waals surface area contributed by atoms with Crippen molar-refractivity contribution in [3.63, 3.8) is 0 Å². The highest BCUT2D eigenvalue weighted by Crippen LogP contribution is 2.35. The van der Waals surface area contributed by atoms with Gasteiger partial charge in [-0.25, -0.2) is 9.97 Å². The molecule has 1 fully saturated rings. The van der Waals surface area contributed by atoms with E-state index >= 15 is 0 Å². The Balaban J connectivity index is 2.31. The first kappa shape index (κ1) is 11.1. The zero-order valence-electron chi connectivity index (χ0n) is 9.90. The fourth-order valence-corrected chi connectivity index (χ4v) is 2.02. The van der Waals surface area contributed by atoms with Crippen LogP contribution >= 0.6 is 0 Å². The molecule has 1 atom stereocenters. The Morgan fingerprint density at radius 3 is 2.75 bits per heavy atom. The van der Waals surface area contributed by atoms with Crippen LogP contribution in [0.3, 0.4) is 0 Å². The van der Waals surface area contributed by atoms with Gasteiger partial charge in [-0.1, -0.05) is 13.3 Å². The van der Waals surface area contributed by atoms with Gasteiger partial charge in [0.05, 0.1) is 6.07 Å². The number of hydrogen-bond donors (Lipinski definition) is 0. The predicted molar refractivity (Wildman–Crippen MR) is 62.0 cm³/mol. The van der Waals surface area contributed by atoms with Crippen molar-refractivity contribution >= 4 is 0 Å². The van der Waals surface area contributed by atoms with Crippen LogP contribution < -0.4 is 0 Å². The molecule has 1 aromatic rings. The van der Waals surface area contributed by atoms with Crippen LogP contribution in [0, 0.1) is 18.3 Å². The summed E-state index contributed by atoms with van der Waals surface area (Å²) in [6, 6.07) is 4.34. The van der Waals surface area contributed by atoms with Gasteiger partial charge in [-0.3, -0.25) is 0 Å². The highest BCUT2D eigenvalue weighted by atomic mass is 14.9. The Bertz CT molecular complexity index is 416. The third-order valence-corrected chi connectivity index (χ3v) is 3.29. The van der Waals surface area contributed by atoms with Crippen molar-refractivity contribution in [3.05, 3.63) is 23.3 Å². The smallest absolute Gasteiger partial charge is 0.145 e. The lowest BCUT2D eigenvalue weighted by molar-refractivity contribution is 0.408. The summed E-state index contributed by atoms with van der Waals surface area (Å²) in [5, 5.41) is 9.04. The van der Waals surface area contributed by atoms with E-state index in [1.54, 1.807) is 0 Å². The van der Waals surface area contributed by atoms with Gasteiger partial charge in [-0.05, 0) is 32.3 Å². The van der Waals surface area contributed by atoms with Gasteiger partial charge < -0.3 is 0 Å². The number of rotatable bonds is 3.